The molecule has 0 aromatic carbocycles. The van der Waals surface area contributed by atoms with Gasteiger partial charge in [-0.25, -0.2) is 4.79 Å². The summed E-state index contributed by atoms with van der Waals surface area (Å²) < 4.78 is 5.92. The topological polar surface area (TPSA) is 163 Å². The van der Waals surface area contributed by atoms with Crippen molar-refractivity contribution in [3.05, 3.63) is 0 Å². The molecule has 2 saturated heterocycles. The molecule has 0 aromatic rings. The van der Waals surface area contributed by atoms with E-state index in [2.05, 4.69) is 69.3 Å². The van der Waals surface area contributed by atoms with Gasteiger partial charge in [-0.05, 0) is 67.1 Å². The summed E-state index contributed by atoms with van der Waals surface area (Å²) in [4.78, 5) is 71.6. The van der Waals surface area contributed by atoms with Crippen molar-refractivity contribution in [1.29, 1.82) is 0 Å². The molecule has 2 aliphatic carbocycles. The lowest BCUT2D eigenvalue weighted by molar-refractivity contribution is -0.143. The SMILES string of the molecule is C[C@@H]1CN(CC(NC(=O)NC(C(=O)N2CC3(CCCC3(C)C)CC2C(=O)NC(CC2CCC2)C(=O)C(N)=O)C(C)(C)C)C(C)(C)C)C[C@H](C)O1. The normalized spacial score (nSPS) is 29.2. The lowest BCUT2D eigenvalue weighted by Gasteiger charge is -2.41. The highest BCUT2D eigenvalue weighted by Crippen LogP contribution is 2.59. The standard InChI is InChI=1S/C38H66N6O6/c1-23-19-43(20-24(2)50-23)21-28(35(3,4)5)41-34(49)42-30(36(6,7)8)33(48)44-22-38(16-12-15-37(38,9)10)18-27(44)32(47)40-26(29(45)31(39)46)17-25-13-11-14-25/h23-28,30H,11-22H2,1-10H3,(H2,39,46)(H,40,47)(H2,41,42,49)/t23-,24+,26?,27?,28?,30?,38?. The Morgan fingerprint density at radius 1 is 0.880 bits per heavy atom. The Morgan fingerprint density at radius 3 is 1.98 bits per heavy atom. The smallest absolute Gasteiger partial charge is 0.315 e. The minimum Gasteiger partial charge on any atom is -0.373 e. The van der Waals surface area contributed by atoms with E-state index in [1.165, 1.54) is 0 Å². The van der Waals surface area contributed by atoms with Gasteiger partial charge in [-0.2, -0.15) is 0 Å². The number of likely N-dealkylation sites (tertiary alicyclic amines) is 1. The molecule has 2 aliphatic heterocycles. The number of rotatable bonds is 11. The molecule has 2 heterocycles. The molecule has 7 atom stereocenters. The van der Waals surface area contributed by atoms with Gasteiger partial charge in [0, 0.05) is 32.2 Å². The molecule has 5 amide bonds. The zero-order valence-corrected chi connectivity index (χ0v) is 32.4. The summed E-state index contributed by atoms with van der Waals surface area (Å²) >= 11 is 0. The minimum atomic E-state index is -1.07. The number of nitrogens with two attached hydrogens (primary N) is 1. The zero-order valence-electron chi connectivity index (χ0n) is 32.4. The Morgan fingerprint density at radius 2 is 1.50 bits per heavy atom. The number of hydrogen-bond acceptors (Lipinski definition) is 7. The fraction of sp³-hybridized carbons (Fsp3) is 0.868. The molecule has 4 rings (SSSR count). The summed E-state index contributed by atoms with van der Waals surface area (Å²) in [6.45, 7) is 23.1. The van der Waals surface area contributed by atoms with Crippen LogP contribution in [0.5, 0.6) is 0 Å². The van der Waals surface area contributed by atoms with Crippen LogP contribution in [0.2, 0.25) is 0 Å². The predicted octanol–water partition coefficient (Wildman–Crippen LogP) is 3.75. The number of Topliss-reactive ketones (excluding diaryl/α,β-unsaturated/α-hetero) is 1. The molecule has 0 radical (unpaired) electrons. The van der Waals surface area contributed by atoms with Crippen molar-refractivity contribution in [3.8, 4) is 0 Å². The summed E-state index contributed by atoms with van der Waals surface area (Å²) in [7, 11) is 0. The van der Waals surface area contributed by atoms with Crippen LogP contribution in [0.15, 0.2) is 0 Å². The van der Waals surface area contributed by atoms with Crippen LogP contribution in [-0.2, 0) is 23.9 Å². The Labute approximate surface area is 300 Å². The van der Waals surface area contributed by atoms with Crippen LogP contribution in [0.25, 0.3) is 0 Å². The average molecular weight is 703 g/mol. The monoisotopic (exact) mass is 703 g/mol. The molecule has 4 fully saturated rings. The number of morpholine rings is 1. The fourth-order valence-corrected chi connectivity index (χ4v) is 8.70. The average Bonchev–Trinajstić information content (AvgIpc) is 3.49. The van der Waals surface area contributed by atoms with Crippen LogP contribution in [0.4, 0.5) is 4.79 Å². The molecule has 1 spiro atoms. The van der Waals surface area contributed by atoms with Crippen LogP contribution in [0.1, 0.15) is 121 Å². The van der Waals surface area contributed by atoms with E-state index in [-0.39, 0.29) is 46.3 Å². The van der Waals surface area contributed by atoms with E-state index in [1.54, 1.807) is 4.90 Å². The molecular formula is C38H66N6O6. The molecule has 284 valence electrons. The molecule has 50 heavy (non-hydrogen) atoms. The Kier molecular flexibility index (Phi) is 12.1. The summed E-state index contributed by atoms with van der Waals surface area (Å²) in [5.41, 5.74) is 4.05. The number of hydrogen-bond donors (Lipinski definition) is 4. The van der Waals surface area contributed by atoms with Crippen molar-refractivity contribution in [1.82, 2.24) is 25.8 Å². The van der Waals surface area contributed by atoms with E-state index >= 15 is 0 Å². The number of carbonyl (C=O) groups is 5. The molecule has 5 N–H and O–H groups in total. The maximum absolute atomic E-state index is 14.8. The molecule has 5 unspecified atom stereocenters. The first-order valence-electron chi connectivity index (χ1n) is 18.9. The van der Waals surface area contributed by atoms with Gasteiger partial charge in [-0.3, -0.25) is 24.1 Å². The molecule has 12 heteroatoms. The summed E-state index contributed by atoms with van der Waals surface area (Å²) in [6, 6.07) is -3.45. The first kappa shape index (κ1) is 40.0. The quantitative estimate of drug-likeness (QED) is 0.238. The van der Waals surface area contributed by atoms with Gasteiger partial charge in [0.1, 0.15) is 12.1 Å². The van der Waals surface area contributed by atoms with Crippen molar-refractivity contribution >= 4 is 29.5 Å². The maximum Gasteiger partial charge on any atom is 0.315 e. The molecular weight excluding hydrogens is 636 g/mol. The predicted molar refractivity (Wildman–Crippen MR) is 193 cm³/mol. The van der Waals surface area contributed by atoms with E-state index in [4.69, 9.17) is 10.5 Å². The van der Waals surface area contributed by atoms with Gasteiger partial charge in [0.2, 0.25) is 17.6 Å². The summed E-state index contributed by atoms with van der Waals surface area (Å²) in [5, 5.41) is 9.09. The number of nitrogens with one attached hydrogen (secondary N) is 3. The van der Waals surface area contributed by atoms with Gasteiger partial charge < -0.3 is 31.3 Å². The fourth-order valence-electron chi connectivity index (χ4n) is 8.70. The first-order valence-corrected chi connectivity index (χ1v) is 18.9. The van der Waals surface area contributed by atoms with Crippen molar-refractivity contribution < 1.29 is 28.7 Å². The third kappa shape index (κ3) is 9.19. The van der Waals surface area contributed by atoms with Crippen LogP contribution in [-0.4, -0.2) is 102 Å². The van der Waals surface area contributed by atoms with Gasteiger partial charge in [-0.15, -0.1) is 0 Å². The maximum atomic E-state index is 14.8. The van der Waals surface area contributed by atoms with Crippen molar-refractivity contribution in [2.45, 2.75) is 157 Å². The van der Waals surface area contributed by atoms with Crippen molar-refractivity contribution in [2.75, 3.05) is 26.2 Å². The number of carbonyl (C=O) groups excluding carboxylic acids is 5. The number of ketones is 1. The molecule has 4 aliphatic rings. The van der Waals surface area contributed by atoms with E-state index in [0.717, 1.165) is 51.6 Å². The highest BCUT2D eigenvalue weighted by molar-refractivity contribution is 6.37. The first-order chi connectivity index (χ1) is 23.0. The highest BCUT2D eigenvalue weighted by Gasteiger charge is 2.59. The second-order valence-corrected chi connectivity index (χ2v) is 18.8. The molecule has 0 aromatic heterocycles. The van der Waals surface area contributed by atoms with Crippen molar-refractivity contribution in [2.24, 2.45) is 33.3 Å². The van der Waals surface area contributed by atoms with E-state index < -0.39 is 47.2 Å². The number of primary amides is 1. The third-order valence-electron chi connectivity index (χ3n) is 12.3. The van der Waals surface area contributed by atoms with E-state index in [1.807, 2.05) is 20.8 Å². The number of ether oxygens (including phenoxy) is 1. The van der Waals surface area contributed by atoms with Gasteiger partial charge in [0.05, 0.1) is 18.2 Å². The summed E-state index contributed by atoms with van der Waals surface area (Å²) in [6.07, 6.45) is 6.76. The lowest BCUT2D eigenvalue weighted by Crippen LogP contribution is -2.62. The largest absolute Gasteiger partial charge is 0.373 e. The van der Waals surface area contributed by atoms with Crippen LogP contribution >= 0.6 is 0 Å². The molecule has 12 nitrogen and oxygen atoms in total. The van der Waals surface area contributed by atoms with Gasteiger partial charge in [0.15, 0.2) is 0 Å². The Balaban J connectivity index is 1.57. The molecule has 2 saturated carbocycles. The Bertz CT molecular complexity index is 1280. The lowest BCUT2D eigenvalue weighted by atomic mass is 9.66. The second-order valence-electron chi connectivity index (χ2n) is 18.8. The molecule has 0 bridgehead atoms. The number of urea groups is 1. The highest BCUT2D eigenvalue weighted by atomic mass is 16.5. The number of nitrogens with zero attached hydrogens (tertiary/aromatic N) is 2. The van der Waals surface area contributed by atoms with Gasteiger partial charge in [0.25, 0.3) is 5.91 Å². The van der Waals surface area contributed by atoms with Gasteiger partial charge >= 0.3 is 6.03 Å². The zero-order chi connectivity index (χ0) is 37.4. The van der Waals surface area contributed by atoms with Gasteiger partial charge in [-0.1, -0.05) is 81.1 Å². The second kappa shape index (κ2) is 15.1. The van der Waals surface area contributed by atoms with E-state index in [0.29, 0.717) is 25.9 Å². The Hall–Kier alpha value is -2.73. The van der Waals surface area contributed by atoms with E-state index in [9.17, 15) is 24.0 Å². The van der Waals surface area contributed by atoms with Crippen LogP contribution < -0.4 is 21.7 Å². The minimum absolute atomic E-state index is 0.0947. The van der Waals surface area contributed by atoms with Crippen LogP contribution in [0.3, 0.4) is 0 Å². The van der Waals surface area contributed by atoms with Crippen LogP contribution in [0, 0.1) is 27.6 Å². The van der Waals surface area contributed by atoms with Crippen molar-refractivity contribution in [3.63, 3.8) is 0 Å². The number of amides is 5. The summed E-state index contributed by atoms with van der Waals surface area (Å²) in [5.74, 6) is -2.41. The third-order valence-corrected chi connectivity index (χ3v) is 12.3.